The van der Waals surface area contributed by atoms with Gasteiger partial charge >= 0.3 is 0 Å². The number of carbonyl (C=O) groups excluding carboxylic acids is 1. The Labute approximate surface area is 108 Å². The van der Waals surface area contributed by atoms with Gasteiger partial charge in [0, 0.05) is 25.2 Å². The van der Waals surface area contributed by atoms with Crippen LogP contribution in [0.15, 0.2) is 0 Å². The lowest BCUT2D eigenvalue weighted by atomic mass is 10.1. The zero-order valence-corrected chi connectivity index (χ0v) is 11.0. The molecule has 3 rings (SSSR count). The Kier molecular flexibility index (Phi) is 3.54. The predicted molar refractivity (Wildman–Crippen MR) is 66.3 cm³/mol. The van der Waals surface area contributed by atoms with Gasteiger partial charge in [-0.1, -0.05) is 0 Å². The van der Waals surface area contributed by atoms with Gasteiger partial charge in [-0.2, -0.15) is 0 Å². The van der Waals surface area contributed by atoms with Gasteiger partial charge in [0.2, 0.25) is 0 Å². The van der Waals surface area contributed by atoms with Crippen LogP contribution < -0.4 is 0 Å². The lowest BCUT2D eigenvalue weighted by Crippen LogP contribution is -2.59. The van der Waals surface area contributed by atoms with Crippen molar-refractivity contribution in [3.8, 4) is 0 Å². The third kappa shape index (κ3) is 2.27. The van der Waals surface area contributed by atoms with Gasteiger partial charge in [-0.3, -0.25) is 9.69 Å². The van der Waals surface area contributed by atoms with E-state index >= 15 is 0 Å². The van der Waals surface area contributed by atoms with E-state index in [1.54, 1.807) is 0 Å². The van der Waals surface area contributed by atoms with Crippen molar-refractivity contribution in [2.45, 2.75) is 38.0 Å². The molecule has 0 bridgehead atoms. The molecule has 3 atom stereocenters. The highest BCUT2D eigenvalue weighted by Gasteiger charge is 2.39. The number of ether oxygens (including phenoxy) is 2. The summed E-state index contributed by atoms with van der Waals surface area (Å²) in [5.41, 5.74) is 0. The Morgan fingerprint density at radius 1 is 1.28 bits per heavy atom. The normalized spacial score (nSPS) is 37.6. The summed E-state index contributed by atoms with van der Waals surface area (Å²) in [6, 6.07) is 0.854. The van der Waals surface area contributed by atoms with Crippen LogP contribution in [0.4, 0.5) is 0 Å². The number of carbonyl (C=O) groups is 1. The number of piperazine rings is 1. The molecule has 3 heterocycles. The first-order valence-corrected chi connectivity index (χ1v) is 6.99. The van der Waals surface area contributed by atoms with Crippen LogP contribution in [0.3, 0.4) is 0 Å². The van der Waals surface area contributed by atoms with E-state index in [1.165, 1.54) is 19.4 Å². The molecule has 0 aromatic heterocycles. The molecule has 0 spiro atoms. The fourth-order valence-electron chi connectivity index (χ4n) is 3.31. The van der Waals surface area contributed by atoms with Gasteiger partial charge in [0.05, 0.1) is 19.8 Å². The summed E-state index contributed by atoms with van der Waals surface area (Å²) in [6.45, 7) is 6.75. The molecule has 0 saturated carbocycles. The number of hydrogen-bond donors (Lipinski definition) is 0. The van der Waals surface area contributed by atoms with Crippen LogP contribution >= 0.6 is 0 Å². The second kappa shape index (κ2) is 5.15. The summed E-state index contributed by atoms with van der Waals surface area (Å²) in [6.07, 6.45) is 2.11. The van der Waals surface area contributed by atoms with E-state index in [-0.39, 0.29) is 18.1 Å². The van der Waals surface area contributed by atoms with Gasteiger partial charge < -0.3 is 14.4 Å². The maximum atomic E-state index is 12.5. The average molecular weight is 254 g/mol. The van der Waals surface area contributed by atoms with Gasteiger partial charge in [0.1, 0.15) is 0 Å². The zero-order chi connectivity index (χ0) is 12.5. The van der Waals surface area contributed by atoms with Gasteiger partial charge in [-0.15, -0.1) is 0 Å². The molecule has 0 aromatic carbocycles. The lowest BCUT2D eigenvalue weighted by molar-refractivity contribution is -0.163. The zero-order valence-electron chi connectivity index (χ0n) is 11.0. The summed E-state index contributed by atoms with van der Waals surface area (Å²) in [5.74, 6) is 0.119. The Morgan fingerprint density at radius 3 is 2.94 bits per heavy atom. The minimum atomic E-state index is -0.380. The first kappa shape index (κ1) is 12.4. The quantitative estimate of drug-likeness (QED) is 0.665. The van der Waals surface area contributed by atoms with Crippen molar-refractivity contribution >= 4 is 5.91 Å². The number of fused-ring (bicyclic) bond motifs is 1. The molecule has 0 N–H and O–H groups in total. The third-order valence-corrected chi connectivity index (χ3v) is 4.31. The van der Waals surface area contributed by atoms with Crippen LogP contribution in [0.1, 0.15) is 19.8 Å². The summed E-state index contributed by atoms with van der Waals surface area (Å²) >= 11 is 0. The highest BCUT2D eigenvalue weighted by Crippen LogP contribution is 2.25. The van der Waals surface area contributed by atoms with Crippen molar-refractivity contribution in [1.29, 1.82) is 0 Å². The molecule has 18 heavy (non-hydrogen) atoms. The molecule has 1 amide bonds. The van der Waals surface area contributed by atoms with Crippen LogP contribution in [0.2, 0.25) is 0 Å². The molecule has 0 aromatic rings. The molecule has 5 nitrogen and oxygen atoms in total. The fourth-order valence-corrected chi connectivity index (χ4v) is 3.31. The molecule has 3 unspecified atom stereocenters. The highest BCUT2D eigenvalue weighted by atomic mass is 16.6. The lowest BCUT2D eigenvalue weighted by Gasteiger charge is -2.43. The van der Waals surface area contributed by atoms with Crippen LogP contribution in [-0.2, 0) is 14.3 Å². The maximum Gasteiger partial charge on any atom is 0.254 e. The first-order chi connectivity index (χ1) is 8.75. The van der Waals surface area contributed by atoms with E-state index in [0.717, 1.165) is 13.1 Å². The number of hydrogen-bond acceptors (Lipinski definition) is 4. The second-order valence-corrected chi connectivity index (χ2v) is 5.56. The largest absolute Gasteiger partial charge is 0.376 e. The van der Waals surface area contributed by atoms with Crippen molar-refractivity contribution in [1.82, 2.24) is 9.80 Å². The molecule has 0 radical (unpaired) electrons. The minimum Gasteiger partial charge on any atom is -0.376 e. The molecule has 0 aliphatic carbocycles. The molecule has 3 aliphatic heterocycles. The summed E-state index contributed by atoms with van der Waals surface area (Å²) in [5, 5.41) is 0. The Balaban J connectivity index is 1.65. The predicted octanol–water partition coefficient (Wildman–Crippen LogP) is 0.0969. The first-order valence-electron chi connectivity index (χ1n) is 6.99. The monoisotopic (exact) mass is 254 g/mol. The van der Waals surface area contributed by atoms with Crippen LogP contribution in [0.5, 0.6) is 0 Å². The van der Waals surface area contributed by atoms with E-state index in [2.05, 4.69) is 11.8 Å². The van der Waals surface area contributed by atoms with E-state index in [0.29, 0.717) is 25.9 Å². The van der Waals surface area contributed by atoms with E-state index in [4.69, 9.17) is 9.47 Å². The molecule has 5 heteroatoms. The number of rotatable bonds is 1. The van der Waals surface area contributed by atoms with Crippen LogP contribution in [-0.4, -0.2) is 73.3 Å². The molecular weight excluding hydrogens is 232 g/mol. The Bertz CT molecular complexity index is 317. The van der Waals surface area contributed by atoms with Crippen molar-refractivity contribution in [3.05, 3.63) is 0 Å². The van der Waals surface area contributed by atoms with Crippen LogP contribution in [0.25, 0.3) is 0 Å². The van der Waals surface area contributed by atoms with Crippen molar-refractivity contribution in [3.63, 3.8) is 0 Å². The molecule has 3 fully saturated rings. The van der Waals surface area contributed by atoms with Crippen molar-refractivity contribution in [2.24, 2.45) is 0 Å². The van der Waals surface area contributed by atoms with E-state index < -0.39 is 0 Å². The standard InChI is InChI=1S/C13H22N2O3/c1-10-7-14-4-2-3-11(14)8-15(10)13(16)12-9-17-5-6-18-12/h10-12H,2-9H2,1H3. The summed E-state index contributed by atoms with van der Waals surface area (Å²) in [4.78, 5) is 17.0. The second-order valence-electron chi connectivity index (χ2n) is 5.56. The third-order valence-electron chi connectivity index (χ3n) is 4.31. The summed E-state index contributed by atoms with van der Waals surface area (Å²) < 4.78 is 10.9. The smallest absolute Gasteiger partial charge is 0.254 e. The van der Waals surface area contributed by atoms with Gasteiger partial charge in [-0.25, -0.2) is 0 Å². The van der Waals surface area contributed by atoms with E-state index in [9.17, 15) is 4.79 Å². The Morgan fingerprint density at radius 2 is 2.17 bits per heavy atom. The molecule has 3 saturated heterocycles. The van der Waals surface area contributed by atoms with Gasteiger partial charge in [-0.05, 0) is 26.3 Å². The van der Waals surface area contributed by atoms with Crippen LogP contribution in [0, 0.1) is 0 Å². The van der Waals surface area contributed by atoms with Gasteiger partial charge in [0.25, 0.3) is 5.91 Å². The van der Waals surface area contributed by atoms with Crippen molar-refractivity contribution < 1.29 is 14.3 Å². The molecule has 3 aliphatic rings. The average Bonchev–Trinajstić information content (AvgIpc) is 2.85. The minimum absolute atomic E-state index is 0.119. The highest BCUT2D eigenvalue weighted by molar-refractivity contribution is 5.81. The fraction of sp³-hybridized carbons (Fsp3) is 0.923. The van der Waals surface area contributed by atoms with Crippen molar-refractivity contribution in [2.75, 3.05) is 39.5 Å². The molecular formula is C13H22N2O3. The topological polar surface area (TPSA) is 42.0 Å². The van der Waals surface area contributed by atoms with E-state index in [1.807, 2.05) is 4.90 Å². The molecule has 102 valence electrons. The number of nitrogens with zero attached hydrogens (tertiary/aromatic N) is 2. The number of amides is 1. The SMILES string of the molecule is CC1CN2CCCC2CN1C(=O)C1COCCO1. The maximum absolute atomic E-state index is 12.5. The van der Waals surface area contributed by atoms with Gasteiger partial charge in [0.15, 0.2) is 6.10 Å². The Hall–Kier alpha value is -0.650. The summed E-state index contributed by atoms with van der Waals surface area (Å²) in [7, 11) is 0.